The molecule has 0 bridgehead atoms. The Morgan fingerprint density at radius 1 is 1.22 bits per heavy atom. The lowest BCUT2D eigenvalue weighted by Crippen LogP contribution is -2.21. The molecule has 0 unspecified atom stereocenters. The highest BCUT2D eigenvalue weighted by atomic mass is 79.9. The Morgan fingerprint density at radius 3 is 2.78 bits per heavy atom. The number of halogens is 3. The van der Waals surface area contributed by atoms with Crippen LogP contribution in [0.1, 0.15) is 5.56 Å². The first-order valence-corrected chi connectivity index (χ1v) is 7.51. The molecule has 0 radical (unpaired) electrons. The first kappa shape index (κ1) is 15.6. The molecule has 0 saturated carbocycles. The summed E-state index contributed by atoms with van der Waals surface area (Å²) in [7, 11) is 0. The molecule has 1 heterocycles. The monoisotopic (exact) mass is 380 g/mol. The number of para-hydroxylation sites is 1. The van der Waals surface area contributed by atoms with Crippen LogP contribution in [0.15, 0.2) is 58.1 Å². The van der Waals surface area contributed by atoms with Gasteiger partial charge in [-0.3, -0.25) is 9.36 Å². The van der Waals surface area contributed by atoms with Gasteiger partial charge in [-0.15, -0.1) is 0 Å². The number of ether oxygens (including phenoxy) is 1. The minimum Gasteiger partial charge on any atom is -0.434 e. The van der Waals surface area contributed by atoms with Crippen LogP contribution in [0.4, 0.5) is 8.78 Å². The maximum absolute atomic E-state index is 12.5. The summed E-state index contributed by atoms with van der Waals surface area (Å²) in [4.78, 5) is 16.8. The van der Waals surface area contributed by atoms with E-state index in [1.54, 1.807) is 36.4 Å². The topological polar surface area (TPSA) is 44.1 Å². The molecule has 0 spiro atoms. The second kappa shape index (κ2) is 6.45. The van der Waals surface area contributed by atoms with Crippen LogP contribution in [0.25, 0.3) is 10.9 Å². The first-order valence-electron chi connectivity index (χ1n) is 6.72. The zero-order valence-electron chi connectivity index (χ0n) is 11.7. The maximum Gasteiger partial charge on any atom is 0.387 e. The van der Waals surface area contributed by atoms with E-state index < -0.39 is 6.61 Å². The molecule has 0 N–H and O–H groups in total. The van der Waals surface area contributed by atoms with Gasteiger partial charge in [0.05, 0.1) is 23.8 Å². The fraction of sp³-hybridized carbons (Fsp3) is 0.125. The normalized spacial score (nSPS) is 11.1. The zero-order chi connectivity index (χ0) is 16.4. The summed E-state index contributed by atoms with van der Waals surface area (Å²) in [5, 5.41) is 0.453. The summed E-state index contributed by atoms with van der Waals surface area (Å²) in [6.45, 7) is -2.82. The summed E-state index contributed by atoms with van der Waals surface area (Å²) in [6, 6.07) is 11.6. The Kier molecular flexibility index (Phi) is 4.38. The number of aromatic nitrogens is 2. The number of benzene rings is 2. The average molecular weight is 381 g/mol. The lowest BCUT2D eigenvalue weighted by Gasteiger charge is -2.12. The highest BCUT2D eigenvalue weighted by Gasteiger charge is 2.11. The van der Waals surface area contributed by atoms with Crippen molar-refractivity contribution in [2.24, 2.45) is 0 Å². The number of nitrogens with zero attached hydrogens (tertiary/aromatic N) is 2. The summed E-state index contributed by atoms with van der Waals surface area (Å²) in [5.41, 5.74) is 0.806. The highest BCUT2D eigenvalue weighted by molar-refractivity contribution is 9.10. The maximum atomic E-state index is 12.5. The van der Waals surface area contributed by atoms with E-state index in [2.05, 4.69) is 25.7 Å². The Hall–Kier alpha value is -2.28. The minimum absolute atomic E-state index is 0.0451. The second-order valence-electron chi connectivity index (χ2n) is 4.83. The van der Waals surface area contributed by atoms with Gasteiger partial charge < -0.3 is 4.74 Å². The molecule has 2 aromatic carbocycles. The van der Waals surface area contributed by atoms with Crippen molar-refractivity contribution >= 4 is 26.8 Å². The molecule has 0 aliphatic carbocycles. The van der Waals surface area contributed by atoms with Crippen molar-refractivity contribution in [3.8, 4) is 5.75 Å². The predicted molar refractivity (Wildman–Crippen MR) is 85.9 cm³/mol. The molecule has 1 aromatic heterocycles. The summed E-state index contributed by atoms with van der Waals surface area (Å²) in [5.74, 6) is 0.0451. The molecule has 3 aromatic rings. The number of alkyl halides is 2. The van der Waals surface area contributed by atoms with Gasteiger partial charge in [0.15, 0.2) is 0 Å². The molecule has 0 amide bonds. The molecule has 0 aliphatic rings. The fourth-order valence-electron chi connectivity index (χ4n) is 2.27. The van der Waals surface area contributed by atoms with Gasteiger partial charge in [-0.1, -0.05) is 34.1 Å². The van der Waals surface area contributed by atoms with E-state index in [0.29, 0.717) is 16.5 Å². The van der Waals surface area contributed by atoms with Crippen LogP contribution in [0.5, 0.6) is 5.75 Å². The van der Waals surface area contributed by atoms with E-state index in [0.717, 1.165) is 4.47 Å². The number of hydrogen-bond acceptors (Lipinski definition) is 3. The van der Waals surface area contributed by atoms with Gasteiger partial charge in [-0.2, -0.15) is 8.78 Å². The van der Waals surface area contributed by atoms with Crippen LogP contribution in [0.2, 0.25) is 0 Å². The third-order valence-corrected chi connectivity index (χ3v) is 3.81. The van der Waals surface area contributed by atoms with Gasteiger partial charge in [-0.05, 0) is 24.3 Å². The van der Waals surface area contributed by atoms with E-state index in [9.17, 15) is 13.6 Å². The third-order valence-electron chi connectivity index (χ3n) is 3.32. The molecule has 0 saturated heterocycles. The van der Waals surface area contributed by atoms with Gasteiger partial charge in [0.1, 0.15) is 5.75 Å². The third kappa shape index (κ3) is 3.39. The van der Waals surface area contributed by atoms with Gasteiger partial charge in [0.25, 0.3) is 5.56 Å². The molecule has 0 aliphatic heterocycles. The largest absolute Gasteiger partial charge is 0.434 e. The molecule has 0 atom stereocenters. The predicted octanol–water partition coefficient (Wildman–Crippen LogP) is 3.81. The van der Waals surface area contributed by atoms with Crippen molar-refractivity contribution in [2.75, 3.05) is 0 Å². The van der Waals surface area contributed by atoms with Crippen LogP contribution in [0.3, 0.4) is 0 Å². The van der Waals surface area contributed by atoms with Crippen molar-refractivity contribution in [3.63, 3.8) is 0 Å². The van der Waals surface area contributed by atoms with E-state index in [1.165, 1.54) is 17.0 Å². The first-order chi connectivity index (χ1) is 11.0. The van der Waals surface area contributed by atoms with E-state index in [4.69, 9.17) is 0 Å². The molecule has 0 fully saturated rings. The number of rotatable bonds is 4. The second-order valence-corrected chi connectivity index (χ2v) is 5.74. The molecule has 23 heavy (non-hydrogen) atoms. The summed E-state index contributed by atoms with van der Waals surface area (Å²) < 4.78 is 31.5. The molecule has 7 heteroatoms. The molecule has 118 valence electrons. The van der Waals surface area contributed by atoms with E-state index in [1.807, 2.05) is 0 Å². The van der Waals surface area contributed by atoms with Crippen molar-refractivity contribution in [1.29, 1.82) is 0 Å². The van der Waals surface area contributed by atoms with E-state index in [-0.39, 0.29) is 17.9 Å². The van der Waals surface area contributed by atoms with Crippen molar-refractivity contribution in [3.05, 3.63) is 69.2 Å². The van der Waals surface area contributed by atoms with Gasteiger partial charge in [0, 0.05) is 10.0 Å². The molecular weight excluding hydrogens is 370 g/mol. The molecule has 3 rings (SSSR count). The smallest absolute Gasteiger partial charge is 0.387 e. The van der Waals surface area contributed by atoms with E-state index >= 15 is 0 Å². The van der Waals surface area contributed by atoms with Crippen LogP contribution in [-0.2, 0) is 6.54 Å². The Bertz CT molecular complexity index is 912. The quantitative estimate of drug-likeness (QED) is 0.691. The van der Waals surface area contributed by atoms with Crippen molar-refractivity contribution in [1.82, 2.24) is 9.55 Å². The Labute approximate surface area is 138 Å². The fourth-order valence-corrected chi connectivity index (χ4v) is 2.63. The lowest BCUT2D eigenvalue weighted by atomic mass is 10.2. The van der Waals surface area contributed by atoms with Crippen LogP contribution in [0, 0.1) is 0 Å². The number of fused-ring (bicyclic) bond motifs is 1. The highest BCUT2D eigenvalue weighted by Crippen LogP contribution is 2.21. The zero-order valence-corrected chi connectivity index (χ0v) is 13.3. The summed E-state index contributed by atoms with van der Waals surface area (Å²) in [6.07, 6.45) is 1.40. The van der Waals surface area contributed by atoms with Crippen molar-refractivity contribution < 1.29 is 13.5 Å². The van der Waals surface area contributed by atoms with Crippen LogP contribution in [-0.4, -0.2) is 16.2 Å². The Balaban J connectivity index is 2.03. The number of hydrogen-bond donors (Lipinski definition) is 0. The van der Waals surface area contributed by atoms with Crippen LogP contribution >= 0.6 is 15.9 Å². The standard InChI is InChI=1S/C16H11BrF2N2O2/c17-11-5-6-13-12(7-11)15(22)21(9-20-13)8-10-3-1-2-4-14(10)23-16(18)19/h1-7,9,16H,8H2. The van der Waals surface area contributed by atoms with Crippen LogP contribution < -0.4 is 10.3 Å². The molecule has 4 nitrogen and oxygen atoms in total. The van der Waals surface area contributed by atoms with Gasteiger partial charge >= 0.3 is 6.61 Å². The van der Waals surface area contributed by atoms with Gasteiger partial charge in [-0.25, -0.2) is 4.98 Å². The summed E-state index contributed by atoms with van der Waals surface area (Å²) >= 11 is 3.32. The Morgan fingerprint density at radius 2 is 2.00 bits per heavy atom. The SMILES string of the molecule is O=c1c2cc(Br)ccc2ncn1Cc1ccccc1OC(F)F. The minimum atomic E-state index is -2.92. The van der Waals surface area contributed by atoms with Crippen molar-refractivity contribution in [2.45, 2.75) is 13.2 Å². The average Bonchev–Trinajstić information content (AvgIpc) is 2.52. The molecular formula is C16H11BrF2N2O2. The van der Waals surface area contributed by atoms with Gasteiger partial charge in [0.2, 0.25) is 0 Å². The lowest BCUT2D eigenvalue weighted by molar-refractivity contribution is -0.0504.